The van der Waals surface area contributed by atoms with E-state index in [-0.39, 0.29) is 11.0 Å². The molecule has 0 aliphatic heterocycles. The Kier molecular flexibility index (Phi) is 6.21. The molecule has 126 valence electrons. The van der Waals surface area contributed by atoms with Crippen molar-refractivity contribution >= 4 is 5.82 Å². The molecule has 0 aliphatic carbocycles. The molecule has 0 fully saturated rings. The van der Waals surface area contributed by atoms with Gasteiger partial charge in [0.15, 0.2) is 0 Å². The van der Waals surface area contributed by atoms with Crippen LogP contribution in [0.15, 0.2) is 6.07 Å². The van der Waals surface area contributed by atoms with Crippen LogP contribution in [0.4, 0.5) is 5.82 Å². The van der Waals surface area contributed by atoms with Crippen molar-refractivity contribution in [1.29, 1.82) is 0 Å². The lowest BCUT2D eigenvalue weighted by atomic mass is 9.82. The predicted molar refractivity (Wildman–Crippen MR) is 93.5 cm³/mol. The summed E-state index contributed by atoms with van der Waals surface area (Å²) in [6.07, 6.45) is 1.91. The summed E-state index contributed by atoms with van der Waals surface area (Å²) in [5.74, 6) is 2.87. The molecule has 0 unspecified atom stereocenters. The molecule has 1 N–H and O–H groups in total. The van der Waals surface area contributed by atoms with Crippen LogP contribution in [0.25, 0.3) is 0 Å². The highest BCUT2D eigenvalue weighted by Gasteiger charge is 2.26. The van der Waals surface area contributed by atoms with Crippen molar-refractivity contribution in [1.82, 2.24) is 9.97 Å². The average molecular weight is 307 g/mol. The molecular formula is C18H33N3O. The number of nitrogens with zero attached hydrogens (tertiary/aromatic N) is 2. The van der Waals surface area contributed by atoms with Crippen LogP contribution >= 0.6 is 0 Å². The van der Waals surface area contributed by atoms with E-state index >= 15 is 0 Å². The van der Waals surface area contributed by atoms with Crippen LogP contribution in [0.2, 0.25) is 0 Å². The number of hydrogen-bond acceptors (Lipinski definition) is 4. The summed E-state index contributed by atoms with van der Waals surface area (Å²) in [5, 5.41) is 3.56. The maximum absolute atomic E-state index is 5.59. The molecule has 0 atom stereocenters. The Morgan fingerprint density at radius 2 is 1.77 bits per heavy atom. The van der Waals surface area contributed by atoms with Crippen molar-refractivity contribution in [3.05, 3.63) is 11.9 Å². The molecule has 4 nitrogen and oxygen atoms in total. The second-order valence-electron chi connectivity index (χ2n) is 8.28. The summed E-state index contributed by atoms with van der Waals surface area (Å²) in [5.41, 5.74) is 0.220. The molecule has 0 bridgehead atoms. The van der Waals surface area contributed by atoms with E-state index < -0.39 is 0 Å². The standard InChI is InChI=1S/C18H33N3O/c1-9-22-16-11-15(19-14(20-16)10-13(2)3)21-18(7,8)12-17(4,5)6/h11,13H,9-10,12H2,1-8H3,(H,19,20,21). The van der Waals surface area contributed by atoms with Gasteiger partial charge in [-0.05, 0) is 38.5 Å². The SMILES string of the molecule is CCOc1cc(NC(C)(C)CC(C)(C)C)nc(CC(C)C)n1. The molecular weight excluding hydrogens is 274 g/mol. The molecule has 1 rings (SSSR count). The van der Waals surface area contributed by atoms with Gasteiger partial charge in [0.25, 0.3) is 0 Å². The highest BCUT2D eigenvalue weighted by atomic mass is 16.5. The maximum atomic E-state index is 5.59. The minimum absolute atomic E-state index is 0.0365. The molecule has 0 aromatic carbocycles. The van der Waals surface area contributed by atoms with Gasteiger partial charge >= 0.3 is 0 Å². The van der Waals surface area contributed by atoms with Gasteiger partial charge in [-0.2, -0.15) is 4.98 Å². The molecule has 1 aromatic rings. The van der Waals surface area contributed by atoms with Crippen LogP contribution in [-0.4, -0.2) is 22.1 Å². The summed E-state index contributed by atoms with van der Waals surface area (Å²) < 4.78 is 5.59. The number of aromatic nitrogens is 2. The van der Waals surface area contributed by atoms with Crippen molar-refractivity contribution in [3.8, 4) is 5.88 Å². The van der Waals surface area contributed by atoms with Gasteiger partial charge in [-0.1, -0.05) is 34.6 Å². The van der Waals surface area contributed by atoms with Crippen LogP contribution in [0.3, 0.4) is 0 Å². The quantitative estimate of drug-likeness (QED) is 0.793. The first-order chi connectivity index (χ1) is 10.0. The first kappa shape index (κ1) is 18.7. The van der Waals surface area contributed by atoms with E-state index in [1.807, 2.05) is 13.0 Å². The Morgan fingerprint density at radius 3 is 2.27 bits per heavy atom. The van der Waals surface area contributed by atoms with Crippen molar-refractivity contribution in [2.75, 3.05) is 11.9 Å². The largest absolute Gasteiger partial charge is 0.478 e. The molecule has 4 heteroatoms. The third-order valence-corrected chi connectivity index (χ3v) is 3.07. The van der Waals surface area contributed by atoms with Crippen molar-refractivity contribution < 1.29 is 4.74 Å². The zero-order valence-corrected chi connectivity index (χ0v) is 15.6. The second kappa shape index (κ2) is 7.30. The van der Waals surface area contributed by atoms with E-state index in [4.69, 9.17) is 4.74 Å². The Labute approximate surface area is 136 Å². The molecule has 1 heterocycles. The third kappa shape index (κ3) is 7.10. The number of ether oxygens (including phenoxy) is 1. The number of rotatable bonds is 7. The molecule has 1 aromatic heterocycles. The van der Waals surface area contributed by atoms with Crippen LogP contribution in [0.5, 0.6) is 5.88 Å². The predicted octanol–water partition coefficient (Wildman–Crippen LogP) is 4.70. The van der Waals surface area contributed by atoms with Gasteiger partial charge in [0.1, 0.15) is 11.6 Å². The van der Waals surface area contributed by atoms with Gasteiger partial charge < -0.3 is 10.1 Å². The fraction of sp³-hybridized carbons (Fsp3) is 0.778. The fourth-order valence-corrected chi connectivity index (χ4v) is 2.93. The van der Waals surface area contributed by atoms with E-state index in [1.54, 1.807) is 0 Å². The van der Waals surface area contributed by atoms with E-state index in [1.165, 1.54) is 0 Å². The Morgan fingerprint density at radius 1 is 1.14 bits per heavy atom. The maximum Gasteiger partial charge on any atom is 0.218 e. The Bertz CT molecular complexity index is 476. The van der Waals surface area contributed by atoms with Crippen LogP contribution in [0.1, 0.15) is 67.6 Å². The average Bonchev–Trinajstić information content (AvgIpc) is 2.22. The van der Waals surface area contributed by atoms with Gasteiger partial charge in [-0.3, -0.25) is 0 Å². The number of hydrogen-bond donors (Lipinski definition) is 1. The monoisotopic (exact) mass is 307 g/mol. The van der Waals surface area contributed by atoms with Gasteiger partial charge in [0, 0.05) is 18.0 Å². The minimum atomic E-state index is -0.0365. The summed E-state index contributed by atoms with van der Waals surface area (Å²) in [4.78, 5) is 9.16. The molecule has 0 spiro atoms. The van der Waals surface area contributed by atoms with E-state index in [0.29, 0.717) is 18.4 Å². The van der Waals surface area contributed by atoms with Crippen molar-refractivity contribution in [3.63, 3.8) is 0 Å². The highest BCUT2D eigenvalue weighted by molar-refractivity contribution is 5.41. The smallest absolute Gasteiger partial charge is 0.218 e. The third-order valence-electron chi connectivity index (χ3n) is 3.07. The lowest BCUT2D eigenvalue weighted by Crippen LogP contribution is -2.35. The first-order valence-corrected chi connectivity index (χ1v) is 8.30. The fourth-order valence-electron chi connectivity index (χ4n) is 2.93. The molecule has 22 heavy (non-hydrogen) atoms. The van der Waals surface area contributed by atoms with E-state index in [9.17, 15) is 0 Å². The molecule has 0 amide bonds. The summed E-state index contributed by atoms with van der Waals surface area (Å²) in [6.45, 7) is 18.1. The number of nitrogens with one attached hydrogen (secondary N) is 1. The topological polar surface area (TPSA) is 47.0 Å². The van der Waals surface area contributed by atoms with Gasteiger partial charge in [0.2, 0.25) is 5.88 Å². The lowest BCUT2D eigenvalue weighted by Gasteiger charge is -2.33. The molecule has 0 saturated carbocycles. The van der Waals surface area contributed by atoms with Crippen LogP contribution in [-0.2, 0) is 6.42 Å². The van der Waals surface area contributed by atoms with Gasteiger partial charge in [-0.15, -0.1) is 0 Å². The number of anilines is 1. The molecule has 0 radical (unpaired) electrons. The molecule has 0 saturated heterocycles. The lowest BCUT2D eigenvalue weighted by molar-refractivity contribution is 0.301. The van der Waals surface area contributed by atoms with E-state index in [0.717, 1.165) is 24.5 Å². The normalized spacial score (nSPS) is 12.6. The zero-order chi connectivity index (χ0) is 17.0. The molecule has 0 aliphatic rings. The van der Waals surface area contributed by atoms with Crippen molar-refractivity contribution in [2.45, 2.75) is 73.8 Å². The van der Waals surface area contributed by atoms with Crippen molar-refractivity contribution in [2.24, 2.45) is 11.3 Å². The van der Waals surface area contributed by atoms with Gasteiger partial charge in [0.05, 0.1) is 6.61 Å². The second-order valence-corrected chi connectivity index (χ2v) is 8.28. The van der Waals surface area contributed by atoms with Crippen LogP contribution in [0, 0.1) is 11.3 Å². The first-order valence-electron chi connectivity index (χ1n) is 8.30. The van der Waals surface area contributed by atoms with E-state index in [2.05, 4.69) is 63.8 Å². The Hall–Kier alpha value is -1.32. The summed E-state index contributed by atoms with van der Waals surface area (Å²) in [7, 11) is 0. The Balaban J connectivity index is 2.99. The summed E-state index contributed by atoms with van der Waals surface area (Å²) in [6, 6.07) is 1.90. The minimum Gasteiger partial charge on any atom is -0.478 e. The zero-order valence-electron chi connectivity index (χ0n) is 15.6. The highest BCUT2D eigenvalue weighted by Crippen LogP contribution is 2.30. The van der Waals surface area contributed by atoms with Crippen LogP contribution < -0.4 is 10.1 Å². The summed E-state index contributed by atoms with van der Waals surface area (Å²) >= 11 is 0. The van der Waals surface area contributed by atoms with Gasteiger partial charge in [-0.25, -0.2) is 4.98 Å².